The molecule has 0 saturated carbocycles. The molecule has 1 N–H and O–H groups in total. The summed E-state index contributed by atoms with van der Waals surface area (Å²) >= 11 is 1.70. The van der Waals surface area contributed by atoms with Crippen molar-refractivity contribution in [1.82, 2.24) is 5.32 Å². The minimum atomic E-state index is 0.314. The second kappa shape index (κ2) is 6.57. The van der Waals surface area contributed by atoms with Gasteiger partial charge >= 0.3 is 0 Å². The summed E-state index contributed by atoms with van der Waals surface area (Å²) in [5, 5.41) is 7.61. The van der Waals surface area contributed by atoms with E-state index in [1.165, 1.54) is 11.1 Å². The maximum absolute atomic E-state index is 5.92. The van der Waals surface area contributed by atoms with Crippen LogP contribution in [0.1, 0.15) is 31.0 Å². The number of hydrogen-bond donors (Lipinski definition) is 1. The molecule has 0 aliphatic carbocycles. The van der Waals surface area contributed by atoms with Gasteiger partial charge in [0.1, 0.15) is 12.4 Å². The number of benzene rings is 1. The van der Waals surface area contributed by atoms with Crippen molar-refractivity contribution in [2.24, 2.45) is 0 Å². The SMILES string of the molecule is CCNC(C)c1ccccc1OCc1ccsc1. The topological polar surface area (TPSA) is 21.3 Å². The Morgan fingerprint density at radius 3 is 2.83 bits per heavy atom. The van der Waals surface area contributed by atoms with Gasteiger partial charge in [-0.1, -0.05) is 25.1 Å². The molecule has 2 nitrogen and oxygen atoms in total. The van der Waals surface area contributed by atoms with E-state index in [1.54, 1.807) is 11.3 Å². The monoisotopic (exact) mass is 261 g/mol. The lowest BCUT2D eigenvalue weighted by molar-refractivity contribution is 0.300. The Bertz CT molecular complexity index is 467. The van der Waals surface area contributed by atoms with Crippen LogP contribution in [-0.4, -0.2) is 6.54 Å². The summed E-state index contributed by atoms with van der Waals surface area (Å²) in [6.45, 7) is 5.88. The molecule has 0 saturated heterocycles. The number of hydrogen-bond acceptors (Lipinski definition) is 3. The summed E-state index contributed by atoms with van der Waals surface area (Å²) in [5.74, 6) is 0.970. The fourth-order valence-corrected chi connectivity index (χ4v) is 2.58. The maximum Gasteiger partial charge on any atom is 0.124 e. The van der Waals surface area contributed by atoms with Gasteiger partial charge in [-0.2, -0.15) is 11.3 Å². The first-order valence-electron chi connectivity index (χ1n) is 6.27. The molecule has 0 aliphatic heterocycles. The Balaban J connectivity index is 2.07. The van der Waals surface area contributed by atoms with Gasteiger partial charge in [0.2, 0.25) is 0 Å². The van der Waals surface area contributed by atoms with E-state index in [2.05, 4.69) is 48.1 Å². The van der Waals surface area contributed by atoms with Gasteiger partial charge in [-0.15, -0.1) is 0 Å². The van der Waals surface area contributed by atoms with Crippen LogP contribution < -0.4 is 10.1 Å². The Morgan fingerprint density at radius 2 is 2.11 bits per heavy atom. The lowest BCUT2D eigenvalue weighted by atomic mass is 10.1. The van der Waals surface area contributed by atoms with E-state index >= 15 is 0 Å². The molecule has 2 aromatic rings. The van der Waals surface area contributed by atoms with Crippen LogP contribution in [0.4, 0.5) is 0 Å². The van der Waals surface area contributed by atoms with Gasteiger partial charge in [0, 0.05) is 11.6 Å². The Labute approximate surface area is 113 Å². The zero-order chi connectivity index (χ0) is 12.8. The zero-order valence-electron chi connectivity index (χ0n) is 10.8. The third-order valence-electron chi connectivity index (χ3n) is 2.87. The van der Waals surface area contributed by atoms with Crippen LogP contribution in [0.5, 0.6) is 5.75 Å². The zero-order valence-corrected chi connectivity index (χ0v) is 11.7. The first-order valence-corrected chi connectivity index (χ1v) is 7.21. The molecule has 1 aromatic carbocycles. The molecule has 1 atom stereocenters. The Kier molecular flexibility index (Phi) is 4.79. The molecular formula is C15H19NOS. The predicted octanol–water partition coefficient (Wildman–Crippen LogP) is 4.00. The number of ether oxygens (including phenoxy) is 1. The summed E-state index contributed by atoms with van der Waals surface area (Å²) in [6, 6.07) is 10.6. The van der Waals surface area contributed by atoms with Gasteiger partial charge in [-0.05, 0) is 41.9 Å². The van der Waals surface area contributed by atoms with Crippen LogP contribution >= 0.6 is 11.3 Å². The highest BCUT2D eigenvalue weighted by molar-refractivity contribution is 7.07. The van der Waals surface area contributed by atoms with E-state index in [0.717, 1.165) is 12.3 Å². The van der Waals surface area contributed by atoms with Crippen LogP contribution in [0, 0.1) is 0 Å². The molecule has 1 aromatic heterocycles. The average Bonchev–Trinajstić information content (AvgIpc) is 2.90. The van der Waals surface area contributed by atoms with E-state index in [-0.39, 0.29) is 0 Å². The molecule has 0 aliphatic rings. The van der Waals surface area contributed by atoms with Crippen molar-refractivity contribution in [3.63, 3.8) is 0 Å². The standard InChI is InChI=1S/C15H19NOS/c1-3-16-12(2)14-6-4-5-7-15(14)17-10-13-8-9-18-11-13/h4-9,11-12,16H,3,10H2,1-2H3. The molecular weight excluding hydrogens is 242 g/mol. The van der Waals surface area contributed by atoms with Crippen molar-refractivity contribution in [1.29, 1.82) is 0 Å². The second-order valence-electron chi connectivity index (χ2n) is 4.24. The first-order chi connectivity index (χ1) is 8.81. The number of nitrogens with one attached hydrogen (secondary N) is 1. The van der Waals surface area contributed by atoms with E-state index in [9.17, 15) is 0 Å². The molecule has 18 heavy (non-hydrogen) atoms. The van der Waals surface area contributed by atoms with Crippen molar-refractivity contribution in [3.8, 4) is 5.75 Å². The van der Waals surface area contributed by atoms with E-state index < -0.39 is 0 Å². The minimum absolute atomic E-state index is 0.314. The lowest BCUT2D eigenvalue weighted by Gasteiger charge is -2.17. The molecule has 96 valence electrons. The van der Waals surface area contributed by atoms with Gasteiger partial charge in [-0.3, -0.25) is 0 Å². The smallest absolute Gasteiger partial charge is 0.124 e. The summed E-state index contributed by atoms with van der Waals surface area (Å²) in [7, 11) is 0. The number of thiophene rings is 1. The van der Waals surface area contributed by atoms with E-state index in [0.29, 0.717) is 12.6 Å². The average molecular weight is 261 g/mol. The summed E-state index contributed by atoms with van der Waals surface area (Å²) in [5.41, 5.74) is 2.44. The highest BCUT2D eigenvalue weighted by atomic mass is 32.1. The van der Waals surface area contributed by atoms with Crippen molar-refractivity contribution in [2.45, 2.75) is 26.5 Å². The quantitative estimate of drug-likeness (QED) is 0.848. The maximum atomic E-state index is 5.92. The van der Waals surface area contributed by atoms with Crippen LogP contribution in [-0.2, 0) is 6.61 Å². The molecule has 0 bridgehead atoms. The molecule has 0 amide bonds. The molecule has 0 spiro atoms. The highest BCUT2D eigenvalue weighted by Gasteiger charge is 2.10. The molecule has 2 rings (SSSR count). The van der Waals surface area contributed by atoms with Crippen LogP contribution in [0.2, 0.25) is 0 Å². The number of para-hydroxylation sites is 1. The minimum Gasteiger partial charge on any atom is -0.489 e. The molecule has 1 unspecified atom stereocenters. The van der Waals surface area contributed by atoms with Crippen molar-refractivity contribution >= 4 is 11.3 Å². The van der Waals surface area contributed by atoms with Crippen LogP contribution in [0.25, 0.3) is 0 Å². The van der Waals surface area contributed by atoms with Crippen LogP contribution in [0.3, 0.4) is 0 Å². The lowest BCUT2D eigenvalue weighted by Crippen LogP contribution is -2.18. The second-order valence-corrected chi connectivity index (χ2v) is 5.02. The summed E-state index contributed by atoms with van der Waals surface area (Å²) < 4.78 is 5.92. The Hall–Kier alpha value is -1.32. The first kappa shape index (κ1) is 13.1. The van der Waals surface area contributed by atoms with Gasteiger partial charge in [0.05, 0.1) is 0 Å². The third-order valence-corrected chi connectivity index (χ3v) is 3.60. The largest absolute Gasteiger partial charge is 0.489 e. The Morgan fingerprint density at radius 1 is 1.28 bits per heavy atom. The molecule has 3 heteroatoms. The van der Waals surface area contributed by atoms with Crippen molar-refractivity contribution in [2.75, 3.05) is 6.54 Å². The normalized spacial score (nSPS) is 12.3. The third kappa shape index (κ3) is 3.34. The van der Waals surface area contributed by atoms with Gasteiger partial charge < -0.3 is 10.1 Å². The fourth-order valence-electron chi connectivity index (χ4n) is 1.92. The van der Waals surface area contributed by atoms with Gasteiger partial charge in [0.25, 0.3) is 0 Å². The molecule has 0 radical (unpaired) electrons. The van der Waals surface area contributed by atoms with E-state index in [4.69, 9.17) is 4.74 Å². The molecule has 1 heterocycles. The van der Waals surface area contributed by atoms with Gasteiger partial charge in [-0.25, -0.2) is 0 Å². The fraction of sp³-hybridized carbons (Fsp3) is 0.333. The van der Waals surface area contributed by atoms with E-state index in [1.807, 2.05) is 12.1 Å². The predicted molar refractivity (Wildman–Crippen MR) is 77.2 cm³/mol. The summed E-state index contributed by atoms with van der Waals surface area (Å²) in [6.07, 6.45) is 0. The highest BCUT2D eigenvalue weighted by Crippen LogP contribution is 2.25. The van der Waals surface area contributed by atoms with Crippen molar-refractivity contribution < 1.29 is 4.74 Å². The number of rotatable bonds is 6. The van der Waals surface area contributed by atoms with Gasteiger partial charge in [0.15, 0.2) is 0 Å². The van der Waals surface area contributed by atoms with Crippen molar-refractivity contribution in [3.05, 3.63) is 52.2 Å². The summed E-state index contributed by atoms with van der Waals surface area (Å²) in [4.78, 5) is 0. The van der Waals surface area contributed by atoms with Crippen LogP contribution in [0.15, 0.2) is 41.1 Å². The molecule has 0 fully saturated rings.